The van der Waals surface area contributed by atoms with Crippen LogP contribution in [0, 0.1) is 18.6 Å². The summed E-state index contributed by atoms with van der Waals surface area (Å²) in [6.07, 6.45) is 0. The van der Waals surface area contributed by atoms with E-state index in [0.29, 0.717) is 0 Å². The van der Waals surface area contributed by atoms with E-state index in [1.54, 1.807) is 0 Å². The fourth-order valence-electron chi connectivity index (χ4n) is 0.757. The van der Waals surface area contributed by atoms with Crippen LogP contribution in [0.5, 0.6) is 0 Å². The first-order chi connectivity index (χ1) is 5.16. The maximum absolute atomic E-state index is 12.7. The minimum atomic E-state index is -0.937. The van der Waals surface area contributed by atoms with Crippen molar-refractivity contribution < 1.29 is 8.78 Å². The van der Waals surface area contributed by atoms with Crippen LogP contribution in [0.25, 0.3) is 0 Å². The molecule has 0 bridgehead atoms. The molecule has 0 aliphatic carbocycles. The van der Waals surface area contributed by atoms with E-state index in [9.17, 15) is 8.78 Å². The number of nitrogens with two attached hydrogens (primary N) is 1. The zero-order valence-corrected chi connectivity index (χ0v) is 5.99. The summed E-state index contributed by atoms with van der Waals surface area (Å²) in [5.41, 5.74) is 2.28. The van der Waals surface area contributed by atoms with Gasteiger partial charge in [-0.15, -0.1) is 0 Å². The largest absolute Gasteiger partial charge is 0.321 e. The number of nitrogen functional groups attached to an aromatic ring is 1. The predicted molar refractivity (Wildman–Crippen MR) is 38.9 cm³/mol. The quantitative estimate of drug-likeness (QED) is 0.480. The molecule has 1 aromatic rings. The van der Waals surface area contributed by atoms with Gasteiger partial charge in [0.1, 0.15) is 0 Å². The molecule has 0 aromatic heterocycles. The lowest BCUT2D eigenvalue weighted by Gasteiger charge is -2.03. The molecular formula is C7H8F2N2. The van der Waals surface area contributed by atoms with Crippen LogP contribution >= 0.6 is 0 Å². The van der Waals surface area contributed by atoms with Gasteiger partial charge in [-0.25, -0.2) is 8.78 Å². The van der Waals surface area contributed by atoms with Crippen LogP contribution in [0.15, 0.2) is 12.1 Å². The van der Waals surface area contributed by atoms with Crippen LogP contribution in [-0.4, -0.2) is 0 Å². The Morgan fingerprint density at radius 1 is 1.27 bits per heavy atom. The molecule has 1 aromatic carbocycles. The molecule has 0 atom stereocenters. The molecule has 0 saturated carbocycles. The Morgan fingerprint density at radius 2 is 1.91 bits per heavy atom. The second-order valence-corrected chi connectivity index (χ2v) is 2.20. The topological polar surface area (TPSA) is 38.0 Å². The van der Waals surface area contributed by atoms with Crippen molar-refractivity contribution in [2.24, 2.45) is 5.84 Å². The molecule has 0 amide bonds. The number of hydrazine groups is 1. The fraction of sp³-hybridized carbons (Fsp3) is 0.143. The number of rotatable bonds is 1. The highest BCUT2D eigenvalue weighted by molar-refractivity contribution is 5.45. The Balaban J connectivity index is 3.25. The van der Waals surface area contributed by atoms with Gasteiger partial charge >= 0.3 is 0 Å². The normalized spacial score (nSPS) is 9.82. The molecule has 0 aliphatic rings. The van der Waals surface area contributed by atoms with E-state index in [4.69, 9.17) is 5.84 Å². The van der Waals surface area contributed by atoms with E-state index < -0.39 is 11.6 Å². The maximum Gasteiger partial charge on any atom is 0.183 e. The molecule has 1 rings (SSSR count). The van der Waals surface area contributed by atoms with Crippen LogP contribution in [0.1, 0.15) is 5.56 Å². The monoisotopic (exact) mass is 158 g/mol. The molecule has 0 fully saturated rings. The molecule has 11 heavy (non-hydrogen) atoms. The molecule has 2 nitrogen and oxygen atoms in total. The number of anilines is 1. The van der Waals surface area contributed by atoms with Crippen molar-refractivity contribution in [1.29, 1.82) is 0 Å². The van der Waals surface area contributed by atoms with Gasteiger partial charge in [-0.05, 0) is 18.6 Å². The third kappa shape index (κ3) is 1.30. The zero-order chi connectivity index (χ0) is 8.43. The van der Waals surface area contributed by atoms with Crippen molar-refractivity contribution in [1.82, 2.24) is 0 Å². The predicted octanol–water partition coefficient (Wildman–Crippen LogP) is 1.56. The highest BCUT2D eigenvalue weighted by atomic mass is 19.2. The number of benzene rings is 1. The molecule has 4 heteroatoms. The summed E-state index contributed by atoms with van der Waals surface area (Å²) in [6.45, 7) is 1.48. The van der Waals surface area contributed by atoms with Crippen molar-refractivity contribution in [2.45, 2.75) is 6.92 Å². The summed E-state index contributed by atoms with van der Waals surface area (Å²) in [4.78, 5) is 0. The first kappa shape index (κ1) is 7.94. The first-order valence-electron chi connectivity index (χ1n) is 3.08. The average Bonchev–Trinajstić information content (AvgIpc) is 2.01. The molecule has 0 unspecified atom stereocenters. The summed E-state index contributed by atoms with van der Waals surface area (Å²) in [5.74, 6) is 3.11. The van der Waals surface area contributed by atoms with Gasteiger partial charge in [-0.3, -0.25) is 5.84 Å². The molecule has 0 spiro atoms. The van der Waals surface area contributed by atoms with Crippen LogP contribution in [0.3, 0.4) is 0 Å². The Kier molecular flexibility index (Phi) is 2.05. The summed E-state index contributed by atoms with van der Waals surface area (Å²) >= 11 is 0. The van der Waals surface area contributed by atoms with Crippen molar-refractivity contribution >= 4 is 5.69 Å². The third-order valence-electron chi connectivity index (χ3n) is 1.43. The van der Waals surface area contributed by atoms with Crippen LogP contribution in [0.2, 0.25) is 0 Å². The number of hydrogen-bond acceptors (Lipinski definition) is 2. The second-order valence-electron chi connectivity index (χ2n) is 2.20. The Bertz CT molecular complexity index is 273. The lowest BCUT2D eigenvalue weighted by Crippen LogP contribution is -2.09. The molecule has 0 radical (unpaired) electrons. The second kappa shape index (κ2) is 2.84. The van der Waals surface area contributed by atoms with Crippen molar-refractivity contribution in [3.05, 3.63) is 29.3 Å². The van der Waals surface area contributed by atoms with E-state index in [2.05, 4.69) is 0 Å². The van der Waals surface area contributed by atoms with E-state index >= 15 is 0 Å². The Labute approximate surface area is 63.0 Å². The van der Waals surface area contributed by atoms with Crippen molar-refractivity contribution in [2.75, 3.05) is 5.43 Å². The van der Waals surface area contributed by atoms with Crippen LogP contribution < -0.4 is 11.3 Å². The van der Waals surface area contributed by atoms with Crippen LogP contribution in [0.4, 0.5) is 14.5 Å². The SMILES string of the molecule is Cc1ccc(NN)c(F)c1F. The molecule has 60 valence electrons. The summed E-state index contributed by atoms with van der Waals surface area (Å²) < 4.78 is 25.5. The molecular weight excluding hydrogens is 150 g/mol. The Morgan fingerprint density at radius 3 is 2.45 bits per heavy atom. The first-order valence-corrected chi connectivity index (χ1v) is 3.08. The van der Waals surface area contributed by atoms with Gasteiger partial charge in [-0.2, -0.15) is 0 Å². The maximum atomic E-state index is 12.7. The van der Waals surface area contributed by atoms with Gasteiger partial charge in [0.05, 0.1) is 5.69 Å². The van der Waals surface area contributed by atoms with Crippen molar-refractivity contribution in [3.63, 3.8) is 0 Å². The molecule has 3 N–H and O–H groups in total. The summed E-state index contributed by atoms with van der Waals surface area (Å²) in [5, 5.41) is 0. The summed E-state index contributed by atoms with van der Waals surface area (Å²) in [6, 6.07) is 2.83. The van der Waals surface area contributed by atoms with Gasteiger partial charge in [-0.1, -0.05) is 6.07 Å². The van der Waals surface area contributed by atoms with E-state index in [1.165, 1.54) is 19.1 Å². The highest BCUT2D eigenvalue weighted by Crippen LogP contribution is 2.18. The molecule has 0 saturated heterocycles. The van der Waals surface area contributed by atoms with Crippen LogP contribution in [-0.2, 0) is 0 Å². The van der Waals surface area contributed by atoms with Gasteiger partial charge in [0.25, 0.3) is 0 Å². The standard InChI is InChI=1S/C7H8F2N2/c1-4-2-3-5(11-10)7(9)6(4)8/h2-3,11H,10H2,1H3. The number of halogens is 2. The number of hydrogen-bond donors (Lipinski definition) is 2. The Hall–Kier alpha value is -1.16. The number of aryl methyl sites for hydroxylation is 1. The van der Waals surface area contributed by atoms with Gasteiger partial charge < -0.3 is 5.43 Å². The summed E-state index contributed by atoms with van der Waals surface area (Å²) in [7, 11) is 0. The highest BCUT2D eigenvalue weighted by Gasteiger charge is 2.08. The minimum Gasteiger partial charge on any atom is -0.321 e. The average molecular weight is 158 g/mol. The molecule has 0 aliphatic heterocycles. The minimum absolute atomic E-state index is 0.0342. The smallest absolute Gasteiger partial charge is 0.183 e. The van der Waals surface area contributed by atoms with Crippen molar-refractivity contribution in [3.8, 4) is 0 Å². The zero-order valence-electron chi connectivity index (χ0n) is 5.99. The fourth-order valence-corrected chi connectivity index (χ4v) is 0.757. The third-order valence-corrected chi connectivity index (χ3v) is 1.43. The van der Waals surface area contributed by atoms with Gasteiger partial charge in [0, 0.05) is 0 Å². The lowest BCUT2D eigenvalue weighted by molar-refractivity contribution is 0.505. The lowest BCUT2D eigenvalue weighted by atomic mass is 10.2. The molecule has 0 heterocycles. The van der Waals surface area contributed by atoms with E-state index in [-0.39, 0.29) is 11.3 Å². The van der Waals surface area contributed by atoms with E-state index in [0.717, 1.165) is 0 Å². The number of nitrogens with one attached hydrogen (secondary N) is 1. The van der Waals surface area contributed by atoms with E-state index in [1.807, 2.05) is 5.43 Å². The van der Waals surface area contributed by atoms with Gasteiger partial charge in [0.2, 0.25) is 0 Å². The van der Waals surface area contributed by atoms with Gasteiger partial charge in [0.15, 0.2) is 11.6 Å².